The van der Waals surface area contributed by atoms with Crippen LogP contribution in [-0.2, 0) is 0 Å². The van der Waals surface area contributed by atoms with Gasteiger partial charge in [-0.05, 0) is 25.3 Å². The van der Waals surface area contributed by atoms with Crippen molar-refractivity contribution in [3.05, 3.63) is 23.6 Å². The minimum absolute atomic E-state index is 0.248. The van der Waals surface area contributed by atoms with Gasteiger partial charge < -0.3 is 5.11 Å². The van der Waals surface area contributed by atoms with Gasteiger partial charge in [-0.15, -0.1) is 0 Å². The van der Waals surface area contributed by atoms with Gasteiger partial charge in [0.25, 0.3) is 0 Å². The van der Waals surface area contributed by atoms with Gasteiger partial charge in [0.2, 0.25) is 0 Å². The average Bonchev–Trinajstić information content (AvgIpc) is 2.26. The van der Waals surface area contributed by atoms with E-state index in [1.54, 1.807) is 6.21 Å². The van der Waals surface area contributed by atoms with Gasteiger partial charge in [0.05, 0.1) is 5.70 Å². The van der Waals surface area contributed by atoms with E-state index in [0.717, 1.165) is 18.4 Å². The van der Waals surface area contributed by atoms with E-state index >= 15 is 0 Å². The fraction of sp³-hybridized carbons (Fsp3) is 0.583. The maximum atomic E-state index is 9.57. The van der Waals surface area contributed by atoms with Crippen LogP contribution in [0.4, 0.5) is 0 Å². The quantitative estimate of drug-likeness (QED) is 0.408. The van der Waals surface area contributed by atoms with Gasteiger partial charge in [0, 0.05) is 6.21 Å². The second kappa shape index (κ2) is 10.0. The predicted octanol–water partition coefficient (Wildman–Crippen LogP) is 4.25. The van der Waals surface area contributed by atoms with Crippen molar-refractivity contribution < 1.29 is 5.11 Å². The van der Waals surface area contributed by atoms with Crippen LogP contribution in [0.15, 0.2) is 28.6 Å². The lowest BCUT2D eigenvalue weighted by Gasteiger charge is -2.04. The number of rotatable bonds is 4. The number of aliphatic hydroxyl groups is 1. The molecule has 0 atom stereocenters. The maximum Gasteiger partial charge on any atom is 0.139 e. The molecule has 0 aliphatic heterocycles. The lowest BCUT2D eigenvalue weighted by Crippen LogP contribution is -1.91. The van der Waals surface area contributed by atoms with Crippen LogP contribution in [0.2, 0.25) is 0 Å². The number of hydrogen-bond acceptors (Lipinski definition) is 2. The second-order valence-corrected chi connectivity index (χ2v) is 2.49. The summed E-state index contributed by atoms with van der Waals surface area (Å²) in [6.07, 6.45) is 3.17. The topological polar surface area (TPSA) is 32.6 Å². The highest BCUT2D eigenvalue weighted by Crippen LogP contribution is 2.16. The largest absolute Gasteiger partial charge is 0.506 e. The first-order valence-electron chi connectivity index (χ1n) is 5.26. The number of aliphatic hydroxyl groups excluding tert-OH is 1. The molecule has 1 N–H and O–H groups in total. The molecule has 0 rings (SSSR count). The molecule has 2 heteroatoms. The van der Waals surface area contributed by atoms with Gasteiger partial charge in [-0.25, -0.2) is 0 Å². The van der Waals surface area contributed by atoms with E-state index in [4.69, 9.17) is 0 Å². The summed E-state index contributed by atoms with van der Waals surface area (Å²) in [5.41, 5.74) is 1.46. The molecule has 0 fully saturated rings. The van der Waals surface area contributed by atoms with E-state index in [1.807, 2.05) is 34.6 Å². The monoisotopic (exact) mass is 197 g/mol. The molecule has 0 aliphatic rings. The first kappa shape index (κ1) is 15.4. The summed E-state index contributed by atoms with van der Waals surface area (Å²) in [6, 6.07) is 0. The van der Waals surface area contributed by atoms with Crippen LogP contribution < -0.4 is 0 Å². The van der Waals surface area contributed by atoms with Crippen LogP contribution in [0.25, 0.3) is 0 Å². The summed E-state index contributed by atoms with van der Waals surface area (Å²) in [5, 5.41) is 9.57. The summed E-state index contributed by atoms with van der Waals surface area (Å²) in [7, 11) is 0. The molecule has 0 saturated carbocycles. The highest BCUT2D eigenvalue weighted by atomic mass is 16.3. The lowest BCUT2D eigenvalue weighted by atomic mass is 10.1. The molecule has 2 nitrogen and oxygen atoms in total. The van der Waals surface area contributed by atoms with E-state index in [2.05, 4.69) is 11.6 Å². The van der Waals surface area contributed by atoms with E-state index < -0.39 is 0 Å². The van der Waals surface area contributed by atoms with Crippen molar-refractivity contribution in [2.24, 2.45) is 4.99 Å². The molecule has 14 heavy (non-hydrogen) atoms. The van der Waals surface area contributed by atoms with Crippen LogP contribution in [0.3, 0.4) is 0 Å². The summed E-state index contributed by atoms with van der Waals surface area (Å²) in [5.74, 6) is 0.248. The van der Waals surface area contributed by atoms with Gasteiger partial charge in [-0.1, -0.05) is 34.3 Å². The zero-order chi connectivity index (χ0) is 11.6. The Balaban J connectivity index is 0. The molecule has 0 radical (unpaired) electrons. The zero-order valence-corrected chi connectivity index (χ0v) is 10.1. The summed E-state index contributed by atoms with van der Waals surface area (Å²) in [6.45, 7) is 13.5. The Morgan fingerprint density at radius 1 is 1.29 bits per heavy atom. The van der Waals surface area contributed by atoms with Gasteiger partial charge in [0.1, 0.15) is 5.76 Å². The van der Waals surface area contributed by atoms with Crippen LogP contribution >= 0.6 is 0 Å². The predicted molar refractivity (Wildman–Crippen MR) is 64.9 cm³/mol. The summed E-state index contributed by atoms with van der Waals surface area (Å²) in [4.78, 5) is 4.06. The van der Waals surface area contributed by atoms with Crippen molar-refractivity contribution in [1.82, 2.24) is 0 Å². The molecule has 0 saturated heterocycles. The third-order valence-corrected chi connectivity index (χ3v) is 1.65. The van der Waals surface area contributed by atoms with Crippen molar-refractivity contribution in [3.8, 4) is 0 Å². The SMILES string of the molecule is C=C(CC)/C(O)=C(/CC)N=CC.CC. The third kappa shape index (κ3) is 5.57. The molecule has 82 valence electrons. The van der Waals surface area contributed by atoms with E-state index in [0.29, 0.717) is 5.70 Å². The van der Waals surface area contributed by atoms with Crippen molar-refractivity contribution in [1.29, 1.82) is 0 Å². The van der Waals surface area contributed by atoms with Crippen LogP contribution in [0, 0.1) is 0 Å². The van der Waals surface area contributed by atoms with Crippen molar-refractivity contribution in [2.75, 3.05) is 0 Å². The first-order chi connectivity index (χ1) is 6.67. The number of allylic oxidation sites excluding steroid dienone is 2. The normalized spacial score (nSPS) is 11.8. The van der Waals surface area contributed by atoms with Gasteiger partial charge in [-0.2, -0.15) is 0 Å². The molecular weight excluding hydrogens is 174 g/mol. The van der Waals surface area contributed by atoms with E-state index in [-0.39, 0.29) is 5.76 Å². The van der Waals surface area contributed by atoms with E-state index in [9.17, 15) is 5.11 Å². The van der Waals surface area contributed by atoms with Crippen molar-refractivity contribution >= 4 is 6.21 Å². The maximum absolute atomic E-state index is 9.57. The minimum atomic E-state index is 0.248. The Morgan fingerprint density at radius 3 is 2.07 bits per heavy atom. The average molecular weight is 197 g/mol. The van der Waals surface area contributed by atoms with Gasteiger partial charge in [-0.3, -0.25) is 4.99 Å². The molecule has 0 bridgehead atoms. The molecule has 0 aliphatic carbocycles. The standard InChI is InChI=1S/C10H17NO.C2H6/c1-5-8(4)10(12)9(6-2)11-7-3;1-2/h7,12H,4-6H2,1-3H3;1-2H3/b10-9+,11-7?;. The fourth-order valence-corrected chi connectivity index (χ4v) is 0.847. The molecule has 0 heterocycles. The zero-order valence-electron chi connectivity index (χ0n) is 10.1. The Kier molecular flexibility index (Phi) is 11.1. The Hall–Kier alpha value is -1.05. The summed E-state index contributed by atoms with van der Waals surface area (Å²) >= 11 is 0. The van der Waals surface area contributed by atoms with Crippen LogP contribution in [0.1, 0.15) is 47.5 Å². The fourth-order valence-electron chi connectivity index (χ4n) is 0.847. The Morgan fingerprint density at radius 2 is 1.79 bits per heavy atom. The van der Waals surface area contributed by atoms with Crippen LogP contribution in [0.5, 0.6) is 0 Å². The van der Waals surface area contributed by atoms with Crippen molar-refractivity contribution in [3.63, 3.8) is 0 Å². The first-order valence-corrected chi connectivity index (χ1v) is 5.26. The number of nitrogens with zero attached hydrogens (tertiary/aromatic N) is 1. The number of hydrogen-bond donors (Lipinski definition) is 1. The molecule has 0 amide bonds. The van der Waals surface area contributed by atoms with Crippen LogP contribution in [-0.4, -0.2) is 11.3 Å². The molecule has 0 spiro atoms. The van der Waals surface area contributed by atoms with Crippen molar-refractivity contribution in [2.45, 2.75) is 47.5 Å². The Bertz CT molecular complexity index is 214. The highest BCUT2D eigenvalue weighted by Gasteiger charge is 2.03. The van der Waals surface area contributed by atoms with Gasteiger partial charge in [0.15, 0.2) is 0 Å². The van der Waals surface area contributed by atoms with E-state index in [1.165, 1.54) is 0 Å². The third-order valence-electron chi connectivity index (χ3n) is 1.65. The summed E-state index contributed by atoms with van der Waals surface area (Å²) < 4.78 is 0. The molecule has 0 aromatic carbocycles. The smallest absolute Gasteiger partial charge is 0.139 e. The molecular formula is C12H23NO. The van der Waals surface area contributed by atoms with Gasteiger partial charge >= 0.3 is 0 Å². The molecule has 0 aromatic rings. The lowest BCUT2D eigenvalue weighted by molar-refractivity contribution is 0.410. The molecule has 0 unspecified atom stereocenters. The minimum Gasteiger partial charge on any atom is -0.506 e. The number of aliphatic imine (C=N–C) groups is 1. The highest BCUT2D eigenvalue weighted by molar-refractivity contribution is 5.55. The molecule has 0 aromatic heterocycles. The second-order valence-electron chi connectivity index (χ2n) is 2.49. The Labute approximate surface area is 88.1 Å².